The Hall–Kier alpha value is -3.89. The van der Waals surface area contributed by atoms with Crippen LogP contribution in [0.15, 0.2) is 53.8 Å². The molecule has 8 nitrogen and oxygen atoms in total. The second-order valence-electron chi connectivity index (χ2n) is 10.4. The Morgan fingerprint density at radius 3 is 2.58 bits per heavy atom. The van der Waals surface area contributed by atoms with Crippen molar-refractivity contribution >= 4 is 11.9 Å². The maximum atomic E-state index is 14.2. The third kappa shape index (κ3) is 4.10. The fraction of sp³-hybridized carbons (Fsp3) is 0.407. The van der Waals surface area contributed by atoms with E-state index < -0.39 is 17.4 Å². The summed E-state index contributed by atoms with van der Waals surface area (Å²) in [5, 5.41) is 8.38. The first-order valence-electron chi connectivity index (χ1n) is 12.7. The van der Waals surface area contributed by atoms with Crippen LogP contribution >= 0.6 is 0 Å². The van der Waals surface area contributed by atoms with E-state index in [-0.39, 0.29) is 17.4 Å². The molecule has 38 heavy (non-hydrogen) atoms. The molecule has 1 aliphatic heterocycles. The molecule has 2 fully saturated rings. The van der Waals surface area contributed by atoms with Crippen LogP contribution in [0.5, 0.6) is 0 Å². The number of imidazole rings is 1. The molecule has 198 valence electrons. The number of fused-ring (bicyclic) bond motifs is 1. The van der Waals surface area contributed by atoms with Crippen LogP contribution in [-0.4, -0.2) is 48.1 Å². The molecule has 0 spiro atoms. The minimum absolute atomic E-state index is 0.0237. The number of rotatable bonds is 6. The van der Waals surface area contributed by atoms with Crippen molar-refractivity contribution in [3.8, 4) is 5.69 Å². The molecule has 0 N–H and O–H groups in total. The predicted molar refractivity (Wildman–Crippen MR) is 133 cm³/mol. The maximum absolute atomic E-state index is 14.2. The van der Waals surface area contributed by atoms with E-state index in [0.717, 1.165) is 41.1 Å². The number of aryl methyl sites for hydroxylation is 1. The number of carbonyl (C=O) groups excluding carboxylic acids is 1. The van der Waals surface area contributed by atoms with E-state index in [0.29, 0.717) is 43.1 Å². The third-order valence-electron chi connectivity index (χ3n) is 8.09. The molecule has 2 atom stereocenters. The number of pyridine rings is 1. The molecule has 1 aliphatic carbocycles. The number of hydrogen-bond acceptors (Lipinski definition) is 4. The van der Waals surface area contributed by atoms with Crippen molar-refractivity contribution < 1.29 is 18.0 Å². The van der Waals surface area contributed by atoms with Crippen LogP contribution in [0.2, 0.25) is 0 Å². The molecule has 3 aromatic heterocycles. The SMILES string of the molecule is Cn1cnnc1[C@@H](c1cccc(-n2cc3c(C(F)(F)F)cc([C@H]4CCN(C=O)C4)cn3c2=O)c1)C1CCC1. The van der Waals surface area contributed by atoms with E-state index in [1.165, 1.54) is 21.9 Å². The molecule has 6 rings (SSSR count). The highest BCUT2D eigenvalue weighted by Gasteiger charge is 2.36. The first kappa shape index (κ1) is 24.4. The molecule has 4 aromatic rings. The summed E-state index contributed by atoms with van der Waals surface area (Å²) in [5.41, 5.74) is 0.194. The van der Waals surface area contributed by atoms with Gasteiger partial charge in [-0.15, -0.1) is 10.2 Å². The van der Waals surface area contributed by atoms with Crippen molar-refractivity contribution in [3.63, 3.8) is 0 Å². The van der Waals surface area contributed by atoms with Crippen LogP contribution in [0.4, 0.5) is 13.2 Å². The lowest BCUT2D eigenvalue weighted by molar-refractivity contribution is -0.136. The first-order valence-corrected chi connectivity index (χ1v) is 12.7. The second-order valence-corrected chi connectivity index (χ2v) is 10.4. The summed E-state index contributed by atoms with van der Waals surface area (Å²) in [4.78, 5) is 26.2. The van der Waals surface area contributed by atoms with E-state index in [4.69, 9.17) is 0 Å². The van der Waals surface area contributed by atoms with Gasteiger partial charge in [-0.2, -0.15) is 13.2 Å². The van der Waals surface area contributed by atoms with Crippen LogP contribution < -0.4 is 5.69 Å². The molecular formula is C27H27F3N6O2. The largest absolute Gasteiger partial charge is 0.418 e. The summed E-state index contributed by atoms with van der Waals surface area (Å²) >= 11 is 0. The number of halogens is 3. The lowest BCUT2D eigenvalue weighted by Crippen LogP contribution is -2.24. The lowest BCUT2D eigenvalue weighted by atomic mass is 9.72. The topological polar surface area (TPSA) is 77.4 Å². The third-order valence-corrected chi connectivity index (χ3v) is 8.09. The molecule has 1 saturated carbocycles. The Labute approximate surface area is 216 Å². The summed E-state index contributed by atoms with van der Waals surface area (Å²) in [5.74, 6) is 0.921. The van der Waals surface area contributed by atoms with Gasteiger partial charge in [0.25, 0.3) is 0 Å². The van der Waals surface area contributed by atoms with E-state index in [1.807, 2.05) is 29.8 Å². The molecule has 11 heteroatoms. The molecule has 2 aliphatic rings. The molecule has 0 unspecified atom stereocenters. The number of aromatic nitrogens is 5. The smallest absolute Gasteiger partial charge is 0.345 e. The summed E-state index contributed by atoms with van der Waals surface area (Å²) in [6.07, 6.45) is 4.26. The number of nitrogens with zero attached hydrogens (tertiary/aromatic N) is 6. The zero-order valence-corrected chi connectivity index (χ0v) is 20.8. The fourth-order valence-corrected chi connectivity index (χ4v) is 5.85. The van der Waals surface area contributed by atoms with Crippen LogP contribution in [0.1, 0.15) is 60.0 Å². The van der Waals surface area contributed by atoms with Crippen molar-refractivity contribution in [2.45, 2.75) is 43.7 Å². The highest BCUT2D eigenvalue weighted by Crippen LogP contribution is 2.43. The Morgan fingerprint density at radius 1 is 1.13 bits per heavy atom. The quantitative estimate of drug-likeness (QED) is 0.356. The molecule has 0 radical (unpaired) electrons. The Balaban J connectivity index is 1.46. The van der Waals surface area contributed by atoms with Gasteiger partial charge in [0, 0.05) is 44.4 Å². The average molecular weight is 525 g/mol. The van der Waals surface area contributed by atoms with Gasteiger partial charge >= 0.3 is 11.9 Å². The number of alkyl halides is 3. The van der Waals surface area contributed by atoms with E-state index in [9.17, 15) is 22.8 Å². The zero-order valence-electron chi connectivity index (χ0n) is 20.8. The van der Waals surface area contributed by atoms with Gasteiger partial charge in [0.15, 0.2) is 0 Å². The summed E-state index contributed by atoms with van der Waals surface area (Å²) < 4.78 is 46.7. The Morgan fingerprint density at radius 2 is 1.95 bits per heavy atom. The summed E-state index contributed by atoms with van der Waals surface area (Å²) in [6, 6.07) is 8.51. The second kappa shape index (κ2) is 9.14. The minimum Gasteiger partial charge on any atom is -0.345 e. The van der Waals surface area contributed by atoms with Crippen molar-refractivity contribution in [2.24, 2.45) is 13.0 Å². The summed E-state index contributed by atoms with van der Waals surface area (Å²) in [7, 11) is 1.89. The van der Waals surface area contributed by atoms with Gasteiger partial charge in [-0.3, -0.25) is 13.8 Å². The van der Waals surface area contributed by atoms with E-state index in [2.05, 4.69) is 10.2 Å². The molecule has 1 aromatic carbocycles. The van der Waals surface area contributed by atoms with Crippen molar-refractivity contribution in [3.05, 3.63) is 82.1 Å². The number of amides is 1. The summed E-state index contributed by atoms with van der Waals surface area (Å²) in [6.45, 7) is 0.804. The molecule has 1 amide bonds. The van der Waals surface area contributed by atoms with Crippen LogP contribution in [0.25, 0.3) is 11.2 Å². The van der Waals surface area contributed by atoms with E-state index in [1.54, 1.807) is 12.4 Å². The number of benzene rings is 1. The standard InChI is InChI=1S/C27H27F3N6O2/c1-33-15-31-32-25(33)24(17-4-2-5-17)18-6-3-7-21(10-18)35-14-23-22(27(28,29)30)11-20(13-36(23)26(35)38)19-8-9-34(12-19)16-37/h3,6-7,10-11,13-17,19,24H,2,4-5,8-9,12H2,1H3/t19-,24+/m0/s1. The van der Waals surface area contributed by atoms with Crippen molar-refractivity contribution in [2.75, 3.05) is 13.1 Å². The first-order chi connectivity index (χ1) is 18.2. The molecule has 4 heterocycles. The van der Waals surface area contributed by atoms with Crippen LogP contribution in [0.3, 0.4) is 0 Å². The molecular weight excluding hydrogens is 497 g/mol. The van der Waals surface area contributed by atoms with Gasteiger partial charge in [0.1, 0.15) is 12.2 Å². The highest BCUT2D eigenvalue weighted by atomic mass is 19.4. The highest BCUT2D eigenvalue weighted by molar-refractivity contribution is 5.58. The van der Waals surface area contributed by atoms with Crippen molar-refractivity contribution in [1.82, 2.24) is 28.6 Å². The number of carbonyl (C=O) groups is 1. The van der Waals surface area contributed by atoms with Gasteiger partial charge in [-0.25, -0.2) is 4.79 Å². The average Bonchev–Trinajstić information content (AvgIpc) is 3.59. The Bertz CT molecular complexity index is 1570. The predicted octanol–water partition coefficient (Wildman–Crippen LogP) is 4.12. The normalized spacial score (nSPS) is 19.2. The monoisotopic (exact) mass is 524 g/mol. The van der Waals surface area contributed by atoms with Crippen LogP contribution in [0, 0.1) is 5.92 Å². The van der Waals surface area contributed by atoms with Crippen LogP contribution in [-0.2, 0) is 18.0 Å². The van der Waals surface area contributed by atoms with Gasteiger partial charge in [0.2, 0.25) is 6.41 Å². The molecule has 0 bridgehead atoms. The van der Waals surface area contributed by atoms with Gasteiger partial charge in [0.05, 0.1) is 16.8 Å². The number of likely N-dealkylation sites (tertiary alicyclic amines) is 1. The maximum Gasteiger partial charge on any atom is 0.418 e. The van der Waals surface area contributed by atoms with Gasteiger partial charge in [-0.05, 0) is 54.5 Å². The molecule has 1 saturated heterocycles. The Kier molecular flexibility index (Phi) is 5.88. The van der Waals surface area contributed by atoms with Crippen molar-refractivity contribution in [1.29, 1.82) is 0 Å². The zero-order chi connectivity index (χ0) is 26.6. The number of hydrogen-bond donors (Lipinski definition) is 0. The fourth-order valence-electron chi connectivity index (χ4n) is 5.85. The lowest BCUT2D eigenvalue weighted by Gasteiger charge is -2.33. The van der Waals surface area contributed by atoms with Gasteiger partial charge in [-0.1, -0.05) is 18.6 Å². The minimum atomic E-state index is -4.65. The van der Waals surface area contributed by atoms with Gasteiger partial charge < -0.3 is 9.47 Å². The van der Waals surface area contributed by atoms with E-state index >= 15 is 0 Å².